The van der Waals surface area contributed by atoms with Crippen LogP contribution in [0, 0.1) is 0 Å². The molecule has 1 aromatic heterocycles. The number of rotatable bonds is 7. The lowest BCUT2D eigenvalue weighted by atomic mass is 10.1. The van der Waals surface area contributed by atoms with Crippen LogP contribution in [0.1, 0.15) is 15.9 Å². The minimum atomic E-state index is -0.498. The van der Waals surface area contributed by atoms with Gasteiger partial charge in [-0.05, 0) is 36.9 Å². The Morgan fingerprint density at radius 1 is 1.11 bits per heavy atom. The molecule has 27 heavy (non-hydrogen) atoms. The number of carbonyl (C=O) groups is 2. The van der Waals surface area contributed by atoms with Gasteiger partial charge in [-0.1, -0.05) is 30.3 Å². The Bertz CT molecular complexity index is 919. The lowest BCUT2D eigenvalue weighted by Crippen LogP contribution is -2.29. The summed E-state index contributed by atoms with van der Waals surface area (Å²) in [7, 11) is 1.87. The van der Waals surface area contributed by atoms with Crippen molar-refractivity contribution in [1.82, 2.24) is 15.1 Å². The van der Waals surface area contributed by atoms with Crippen molar-refractivity contribution in [2.24, 2.45) is 5.73 Å². The van der Waals surface area contributed by atoms with Crippen molar-refractivity contribution in [2.75, 3.05) is 18.9 Å². The Labute approximate surface area is 157 Å². The molecule has 7 heteroatoms. The van der Waals surface area contributed by atoms with Crippen molar-refractivity contribution in [1.29, 1.82) is 0 Å². The summed E-state index contributed by atoms with van der Waals surface area (Å²) < 4.78 is 0. The number of carbonyl (C=O) groups excluding carboxylic acids is 2. The predicted molar refractivity (Wildman–Crippen MR) is 104 cm³/mol. The molecule has 0 unspecified atom stereocenters. The highest BCUT2D eigenvalue weighted by Gasteiger charge is 2.12. The van der Waals surface area contributed by atoms with Crippen LogP contribution in [0.25, 0.3) is 11.3 Å². The highest BCUT2D eigenvalue weighted by atomic mass is 16.2. The summed E-state index contributed by atoms with van der Waals surface area (Å²) in [4.78, 5) is 25.2. The molecule has 4 N–H and O–H groups in total. The first-order valence-electron chi connectivity index (χ1n) is 8.49. The Hall–Kier alpha value is -3.45. The standard InChI is InChI=1S/C20H21N5O2/c1-25(12-16-11-22-24-19(16)14-5-3-2-4-6-14)13-18(26)23-17-9-7-15(8-10-17)20(21)27/h2-11H,12-13H2,1H3,(H2,21,27)(H,22,24)(H,23,26). The number of hydrogen-bond acceptors (Lipinski definition) is 4. The fourth-order valence-electron chi connectivity index (χ4n) is 2.80. The molecule has 0 aliphatic carbocycles. The van der Waals surface area contributed by atoms with Gasteiger partial charge in [0.25, 0.3) is 0 Å². The first-order valence-corrected chi connectivity index (χ1v) is 8.49. The molecule has 3 rings (SSSR count). The molecule has 0 radical (unpaired) electrons. The van der Waals surface area contributed by atoms with Crippen LogP contribution >= 0.6 is 0 Å². The predicted octanol–water partition coefficient (Wildman–Crippen LogP) is 2.25. The molecule has 0 spiro atoms. The minimum absolute atomic E-state index is 0.144. The van der Waals surface area contributed by atoms with E-state index in [0.717, 1.165) is 16.8 Å². The number of H-pyrrole nitrogens is 1. The first kappa shape index (κ1) is 18.3. The van der Waals surface area contributed by atoms with E-state index in [0.29, 0.717) is 17.8 Å². The largest absolute Gasteiger partial charge is 0.366 e. The number of amides is 2. The zero-order valence-corrected chi connectivity index (χ0v) is 15.0. The second-order valence-corrected chi connectivity index (χ2v) is 6.30. The van der Waals surface area contributed by atoms with Gasteiger partial charge < -0.3 is 11.1 Å². The number of benzene rings is 2. The lowest BCUT2D eigenvalue weighted by molar-refractivity contribution is -0.117. The summed E-state index contributed by atoms with van der Waals surface area (Å²) in [6.07, 6.45) is 1.78. The number of aromatic amines is 1. The van der Waals surface area contributed by atoms with E-state index < -0.39 is 5.91 Å². The van der Waals surface area contributed by atoms with Gasteiger partial charge in [0.05, 0.1) is 18.4 Å². The molecule has 0 fully saturated rings. The van der Waals surface area contributed by atoms with E-state index >= 15 is 0 Å². The van der Waals surface area contributed by atoms with Crippen LogP contribution in [0.15, 0.2) is 60.8 Å². The smallest absolute Gasteiger partial charge is 0.248 e. The molecule has 3 aromatic rings. The zero-order valence-electron chi connectivity index (χ0n) is 15.0. The third kappa shape index (κ3) is 4.80. The molecule has 1 heterocycles. The van der Waals surface area contributed by atoms with E-state index in [-0.39, 0.29) is 12.5 Å². The molecule has 0 saturated carbocycles. The van der Waals surface area contributed by atoms with Crippen LogP contribution < -0.4 is 11.1 Å². The van der Waals surface area contributed by atoms with E-state index in [9.17, 15) is 9.59 Å². The van der Waals surface area contributed by atoms with Crippen LogP contribution in [-0.2, 0) is 11.3 Å². The summed E-state index contributed by atoms with van der Waals surface area (Å²) in [5, 5.41) is 9.96. The number of likely N-dealkylation sites (N-methyl/N-ethyl adjacent to an activating group) is 1. The normalized spacial score (nSPS) is 10.7. The third-order valence-electron chi connectivity index (χ3n) is 4.09. The van der Waals surface area contributed by atoms with Crippen LogP contribution in [0.5, 0.6) is 0 Å². The van der Waals surface area contributed by atoms with Gasteiger partial charge in [0.1, 0.15) is 0 Å². The molecule has 138 valence electrons. The number of primary amides is 1. The van der Waals surface area contributed by atoms with E-state index in [4.69, 9.17) is 5.73 Å². The average Bonchev–Trinajstić information content (AvgIpc) is 3.10. The van der Waals surface area contributed by atoms with E-state index in [1.165, 1.54) is 0 Å². The quantitative estimate of drug-likeness (QED) is 0.599. The van der Waals surface area contributed by atoms with Crippen molar-refractivity contribution < 1.29 is 9.59 Å². The lowest BCUT2D eigenvalue weighted by Gasteiger charge is -2.16. The zero-order chi connectivity index (χ0) is 19.2. The van der Waals surface area contributed by atoms with Gasteiger partial charge in [0.15, 0.2) is 0 Å². The van der Waals surface area contributed by atoms with Crippen molar-refractivity contribution in [3.63, 3.8) is 0 Å². The highest BCUT2D eigenvalue weighted by Crippen LogP contribution is 2.21. The number of nitrogens with one attached hydrogen (secondary N) is 2. The highest BCUT2D eigenvalue weighted by molar-refractivity contribution is 5.95. The van der Waals surface area contributed by atoms with Gasteiger partial charge in [-0.3, -0.25) is 19.6 Å². The maximum Gasteiger partial charge on any atom is 0.248 e. The van der Waals surface area contributed by atoms with Crippen molar-refractivity contribution >= 4 is 17.5 Å². The van der Waals surface area contributed by atoms with Crippen molar-refractivity contribution in [3.05, 3.63) is 71.9 Å². The van der Waals surface area contributed by atoms with Gasteiger partial charge >= 0.3 is 0 Å². The molecule has 0 saturated heterocycles. The number of hydrogen-bond donors (Lipinski definition) is 3. The molecule has 7 nitrogen and oxygen atoms in total. The number of anilines is 1. The van der Waals surface area contributed by atoms with Crippen LogP contribution in [0.3, 0.4) is 0 Å². The summed E-state index contributed by atoms with van der Waals surface area (Å²) in [6, 6.07) is 16.4. The number of aromatic nitrogens is 2. The second kappa shape index (κ2) is 8.29. The molecule has 2 aromatic carbocycles. The van der Waals surface area contributed by atoms with Crippen molar-refractivity contribution in [2.45, 2.75) is 6.54 Å². The summed E-state index contributed by atoms with van der Waals surface area (Å²) in [5.74, 6) is -0.643. The van der Waals surface area contributed by atoms with E-state index in [2.05, 4.69) is 15.5 Å². The number of nitrogens with two attached hydrogens (primary N) is 1. The Kier molecular flexibility index (Phi) is 5.63. The maximum atomic E-state index is 12.3. The van der Waals surface area contributed by atoms with E-state index in [1.807, 2.05) is 42.3 Å². The Morgan fingerprint density at radius 2 is 1.81 bits per heavy atom. The summed E-state index contributed by atoms with van der Waals surface area (Å²) >= 11 is 0. The summed E-state index contributed by atoms with van der Waals surface area (Å²) in [5.41, 5.74) is 9.25. The van der Waals surface area contributed by atoms with Gasteiger partial charge in [0.2, 0.25) is 11.8 Å². The maximum absolute atomic E-state index is 12.3. The molecule has 2 amide bonds. The fourth-order valence-corrected chi connectivity index (χ4v) is 2.80. The van der Waals surface area contributed by atoms with E-state index in [1.54, 1.807) is 30.5 Å². The van der Waals surface area contributed by atoms with Crippen molar-refractivity contribution in [3.8, 4) is 11.3 Å². The Morgan fingerprint density at radius 3 is 2.48 bits per heavy atom. The SMILES string of the molecule is CN(CC(=O)Nc1ccc(C(N)=O)cc1)Cc1cn[nH]c1-c1ccccc1. The molecule has 0 aliphatic rings. The molecular weight excluding hydrogens is 342 g/mol. The summed E-state index contributed by atoms with van der Waals surface area (Å²) in [6.45, 7) is 0.797. The first-order chi connectivity index (χ1) is 13.0. The number of nitrogens with zero attached hydrogens (tertiary/aromatic N) is 2. The second-order valence-electron chi connectivity index (χ2n) is 6.30. The molecule has 0 bridgehead atoms. The third-order valence-corrected chi connectivity index (χ3v) is 4.09. The monoisotopic (exact) mass is 363 g/mol. The van der Waals surface area contributed by atoms with Crippen LogP contribution in [0.4, 0.5) is 5.69 Å². The molecule has 0 atom stereocenters. The minimum Gasteiger partial charge on any atom is -0.366 e. The van der Waals surface area contributed by atoms with Crippen LogP contribution in [0.2, 0.25) is 0 Å². The van der Waals surface area contributed by atoms with Gasteiger partial charge in [-0.15, -0.1) is 0 Å². The fraction of sp³-hybridized carbons (Fsp3) is 0.150. The molecular formula is C20H21N5O2. The van der Waals surface area contributed by atoms with Gasteiger partial charge in [-0.25, -0.2) is 0 Å². The van der Waals surface area contributed by atoms with Gasteiger partial charge in [0, 0.05) is 23.4 Å². The Balaban J connectivity index is 1.58. The van der Waals surface area contributed by atoms with Crippen LogP contribution in [-0.4, -0.2) is 40.5 Å². The topological polar surface area (TPSA) is 104 Å². The average molecular weight is 363 g/mol. The van der Waals surface area contributed by atoms with Gasteiger partial charge in [-0.2, -0.15) is 5.10 Å². The molecule has 0 aliphatic heterocycles.